The highest BCUT2D eigenvalue weighted by Crippen LogP contribution is 2.34. The van der Waals surface area contributed by atoms with Gasteiger partial charge in [-0.25, -0.2) is 9.18 Å². The van der Waals surface area contributed by atoms with Crippen LogP contribution in [0.4, 0.5) is 22.4 Å². The molecule has 1 fully saturated rings. The number of piperidine rings is 1. The number of nitrogens with zero attached hydrogens (tertiary/aromatic N) is 2. The Hall–Kier alpha value is -3.54. The van der Waals surface area contributed by atoms with Crippen LogP contribution in [0.1, 0.15) is 29.5 Å². The average Bonchev–Trinajstić information content (AvgIpc) is 3.27. The third-order valence-electron chi connectivity index (χ3n) is 6.31. The van der Waals surface area contributed by atoms with E-state index < -0.39 is 54.2 Å². The Morgan fingerprint density at radius 2 is 1.81 bits per heavy atom. The number of likely N-dealkylation sites (tertiary alicyclic amines) is 1. The van der Waals surface area contributed by atoms with Gasteiger partial charge >= 0.3 is 12.3 Å². The van der Waals surface area contributed by atoms with Gasteiger partial charge in [0, 0.05) is 31.7 Å². The Labute approximate surface area is 213 Å². The Balaban J connectivity index is 1.34. The van der Waals surface area contributed by atoms with Crippen LogP contribution in [-0.2, 0) is 28.9 Å². The van der Waals surface area contributed by atoms with Gasteiger partial charge in [-0.15, -0.1) is 0 Å². The minimum absolute atomic E-state index is 0.0508. The van der Waals surface area contributed by atoms with Crippen molar-refractivity contribution in [3.05, 3.63) is 63.9 Å². The molecule has 13 heteroatoms. The fourth-order valence-corrected chi connectivity index (χ4v) is 4.60. The number of hydrogen-bond acceptors (Lipinski definition) is 4. The summed E-state index contributed by atoms with van der Waals surface area (Å²) in [4.78, 5) is 39.6. The lowest BCUT2D eigenvalue weighted by molar-refractivity contribution is -0.138. The summed E-state index contributed by atoms with van der Waals surface area (Å²) >= 11 is 5.60. The van der Waals surface area contributed by atoms with Crippen molar-refractivity contribution >= 4 is 29.5 Å². The Kier molecular flexibility index (Phi) is 7.49. The molecule has 198 valence electrons. The van der Waals surface area contributed by atoms with Crippen molar-refractivity contribution in [3.8, 4) is 5.75 Å². The van der Waals surface area contributed by atoms with Crippen LogP contribution in [-0.4, -0.2) is 58.0 Å². The summed E-state index contributed by atoms with van der Waals surface area (Å²) in [6, 6.07) is 5.36. The van der Waals surface area contributed by atoms with Crippen molar-refractivity contribution in [1.82, 2.24) is 15.1 Å². The molecule has 4 rings (SSSR count). The third-order valence-corrected chi connectivity index (χ3v) is 6.61. The van der Waals surface area contributed by atoms with Crippen LogP contribution in [0.2, 0.25) is 5.02 Å². The van der Waals surface area contributed by atoms with Crippen molar-refractivity contribution in [2.75, 3.05) is 13.2 Å². The highest BCUT2D eigenvalue weighted by molar-refractivity contribution is 6.30. The van der Waals surface area contributed by atoms with Crippen LogP contribution in [0.3, 0.4) is 0 Å². The zero-order valence-electron chi connectivity index (χ0n) is 19.2. The van der Waals surface area contributed by atoms with E-state index in [0.29, 0.717) is 17.5 Å². The molecule has 2 N–H and O–H groups in total. The van der Waals surface area contributed by atoms with Gasteiger partial charge in [0.1, 0.15) is 17.6 Å². The molecule has 0 saturated carbocycles. The molecule has 2 atom stereocenters. The minimum Gasteiger partial charge on any atom is -0.484 e. The highest BCUT2D eigenvalue weighted by atomic mass is 35.5. The molecule has 2 aromatic carbocycles. The van der Waals surface area contributed by atoms with Crippen molar-refractivity contribution in [3.63, 3.8) is 0 Å². The first-order chi connectivity index (χ1) is 17.4. The number of hydrogen-bond donors (Lipinski definition) is 2. The number of nitrogens with one attached hydrogen (secondary N) is 1. The summed E-state index contributed by atoms with van der Waals surface area (Å²) in [5.41, 5.74) is 0.130. The van der Waals surface area contributed by atoms with Crippen LogP contribution < -0.4 is 10.1 Å². The summed E-state index contributed by atoms with van der Waals surface area (Å²) < 4.78 is 57.8. The van der Waals surface area contributed by atoms with E-state index in [0.717, 1.165) is 23.1 Å². The lowest BCUT2D eigenvalue weighted by Gasteiger charge is -2.38. The molecule has 0 spiro atoms. The first-order valence-electron chi connectivity index (χ1n) is 11.3. The standard InChI is InChI=1S/C24H22ClF4N3O5/c25-18-5-4-17(8-19(18)26)37-12-21(33)30-16-3-6-20(32(11-16)23(35)36)22(34)31-9-13-1-2-15(24(27,28)29)7-14(13)10-31/h1-2,4-5,7-8,16,20H,3,6,9-12H2,(H,30,33)(H,35,36)/t16-,20+/m0/s1. The molecule has 0 radical (unpaired) electrons. The van der Waals surface area contributed by atoms with Crippen LogP contribution in [0.5, 0.6) is 5.75 Å². The smallest absolute Gasteiger partial charge is 0.416 e. The lowest BCUT2D eigenvalue weighted by Crippen LogP contribution is -2.58. The normalized spacial score (nSPS) is 19.4. The maximum Gasteiger partial charge on any atom is 0.416 e. The van der Waals surface area contributed by atoms with E-state index in [1.54, 1.807) is 0 Å². The second-order valence-corrected chi connectivity index (χ2v) is 9.24. The molecule has 0 aliphatic carbocycles. The van der Waals surface area contributed by atoms with Gasteiger partial charge in [-0.05, 0) is 48.2 Å². The molecule has 3 amide bonds. The molecule has 37 heavy (non-hydrogen) atoms. The number of ether oxygens (including phenoxy) is 1. The molecule has 2 aliphatic heterocycles. The maximum atomic E-state index is 13.5. The van der Waals surface area contributed by atoms with Gasteiger partial charge in [0.2, 0.25) is 5.91 Å². The van der Waals surface area contributed by atoms with Crippen molar-refractivity contribution < 1.29 is 41.8 Å². The van der Waals surface area contributed by atoms with Crippen molar-refractivity contribution in [2.24, 2.45) is 0 Å². The molecule has 2 aliphatic rings. The number of amides is 3. The molecule has 8 nitrogen and oxygen atoms in total. The van der Waals surface area contributed by atoms with Crippen LogP contribution in [0.25, 0.3) is 0 Å². The van der Waals surface area contributed by atoms with Gasteiger partial charge < -0.3 is 20.1 Å². The quantitative estimate of drug-likeness (QED) is 0.555. The predicted molar refractivity (Wildman–Crippen MR) is 122 cm³/mol. The number of benzene rings is 2. The second kappa shape index (κ2) is 10.4. The summed E-state index contributed by atoms with van der Waals surface area (Å²) in [6.07, 6.45) is -5.47. The van der Waals surface area contributed by atoms with E-state index in [1.165, 1.54) is 23.1 Å². The number of rotatable bonds is 5. The van der Waals surface area contributed by atoms with Crippen molar-refractivity contribution in [2.45, 2.75) is 44.2 Å². The predicted octanol–water partition coefficient (Wildman–Crippen LogP) is 4.05. The summed E-state index contributed by atoms with van der Waals surface area (Å²) in [5, 5.41) is 12.2. The van der Waals surface area contributed by atoms with Crippen LogP contribution in [0, 0.1) is 5.82 Å². The Morgan fingerprint density at radius 1 is 1.08 bits per heavy atom. The van der Waals surface area contributed by atoms with Gasteiger partial charge in [0.25, 0.3) is 5.91 Å². The SMILES string of the molecule is O=C(COc1ccc(Cl)c(F)c1)N[C@H]1CC[C@H](C(=O)N2Cc3ccc(C(F)(F)F)cc3C2)N(C(=O)O)C1. The van der Waals surface area contributed by atoms with E-state index in [-0.39, 0.29) is 36.8 Å². The molecule has 0 bridgehead atoms. The Morgan fingerprint density at radius 3 is 2.49 bits per heavy atom. The zero-order chi connectivity index (χ0) is 26.9. The lowest BCUT2D eigenvalue weighted by atomic mass is 9.97. The maximum absolute atomic E-state index is 13.5. The first-order valence-corrected chi connectivity index (χ1v) is 11.6. The number of carboxylic acid groups (broad SMARTS) is 1. The third kappa shape index (κ3) is 6.07. The number of carbonyl (C=O) groups is 3. The average molecular weight is 544 g/mol. The summed E-state index contributed by atoms with van der Waals surface area (Å²) in [5.74, 6) is -1.69. The summed E-state index contributed by atoms with van der Waals surface area (Å²) in [6.45, 7) is -0.574. The molecule has 1 saturated heterocycles. The molecule has 2 aromatic rings. The van der Waals surface area contributed by atoms with E-state index in [9.17, 15) is 37.1 Å². The number of alkyl halides is 3. The number of halogens is 5. The van der Waals surface area contributed by atoms with Crippen LogP contribution >= 0.6 is 11.6 Å². The van der Waals surface area contributed by atoms with E-state index >= 15 is 0 Å². The first kappa shape index (κ1) is 26.5. The highest BCUT2D eigenvalue weighted by Gasteiger charge is 2.40. The summed E-state index contributed by atoms with van der Waals surface area (Å²) in [7, 11) is 0. The van der Waals surface area contributed by atoms with E-state index in [1.807, 2.05) is 0 Å². The van der Waals surface area contributed by atoms with Gasteiger partial charge in [-0.2, -0.15) is 13.2 Å². The largest absolute Gasteiger partial charge is 0.484 e. The van der Waals surface area contributed by atoms with Gasteiger partial charge in [0.15, 0.2) is 6.61 Å². The molecule has 0 aromatic heterocycles. The molecular weight excluding hydrogens is 522 g/mol. The molecule has 2 heterocycles. The molecule has 0 unspecified atom stereocenters. The Bertz CT molecular complexity index is 1230. The fraction of sp³-hybridized carbons (Fsp3) is 0.375. The van der Waals surface area contributed by atoms with Crippen LogP contribution in [0.15, 0.2) is 36.4 Å². The van der Waals surface area contributed by atoms with Gasteiger partial charge in [-0.1, -0.05) is 17.7 Å². The molecular formula is C24H22ClF4N3O5. The monoisotopic (exact) mass is 543 g/mol. The van der Waals surface area contributed by atoms with E-state index in [2.05, 4.69) is 5.32 Å². The second-order valence-electron chi connectivity index (χ2n) is 8.83. The van der Waals surface area contributed by atoms with E-state index in [4.69, 9.17) is 16.3 Å². The van der Waals surface area contributed by atoms with Crippen molar-refractivity contribution in [1.29, 1.82) is 0 Å². The van der Waals surface area contributed by atoms with Gasteiger partial charge in [0.05, 0.1) is 10.6 Å². The van der Waals surface area contributed by atoms with Gasteiger partial charge in [-0.3, -0.25) is 14.5 Å². The fourth-order valence-electron chi connectivity index (χ4n) is 4.48. The zero-order valence-corrected chi connectivity index (χ0v) is 20.0. The number of carbonyl (C=O) groups excluding carboxylic acids is 2. The number of fused-ring (bicyclic) bond motifs is 1. The minimum atomic E-state index is -4.51. The topological polar surface area (TPSA) is 99.2 Å².